The number of ether oxygens (including phenoxy) is 1. The lowest BCUT2D eigenvalue weighted by atomic mass is 9.73. The molecule has 2 aliphatic rings. The average Bonchev–Trinajstić information content (AvgIpc) is 2.71. The molecule has 1 aromatic carbocycles. The molecule has 1 fully saturated rings. The van der Waals surface area contributed by atoms with Crippen molar-refractivity contribution in [3.63, 3.8) is 0 Å². The van der Waals surface area contributed by atoms with Crippen LogP contribution in [0.1, 0.15) is 50.8 Å². The molecule has 2 N–H and O–H groups in total. The summed E-state index contributed by atoms with van der Waals surface area (Å²) < 4.78 is 5.47. The predicted octanol–water partition coefficient (Wildman–Crippen LogP) is 3.26. The van der Waals surface area contributed by atoms with Crippen molar-refractivity contribution in [3.8, 4) is 0 Å². The van der Waals surface area contributed by atoms with Gasteiger partial charge in [0, 0.05) is 19.1 Å². The Kier molecular flexibility index (Phi) is 3.68. The number of hydrogen-bond acceptors (Lipinski definition) is 3. The summed E-state index contributed by atoms with van der Waals surface area (Å²) in [7, 11) is 0. The Morgan fingerprint density at radius 1 is 1.27 bits per heavy atom. The number of piperidine rings is 1. The van der Waals surface area contributed by atoms with E-state index in [0.29, 0.717) is 0 Å². The zero-order valence-corrected chi connectivity index (χ0v) is 13.8. The van der Waals surface area contributed by atoms with Crippen molar-refractivity contribution in [2.24, 2.45) is 11.1 Å². The number of hydrogen-bond donors (Lipinski definition) is 1. The van der Waals surface area contributed by atoms with E-state index in [4.69, 9.17) is 10.5 Å². The van der Waals surface area contributed by atoms with Crippen LogP contribution in [0.3, 0.4) is 0 Å². The first-order valence-electron chi connectivity index (χ1n) is 8.12. The van der Waals surface area contributed by atoms with Crippen LogP contribution >= 0.6 is 0 Å². The van der Waals surface area contributed by atoms with Crippen LogP contribution in [-0.4, -0.2) is 29.7 Å². The fourth-order valence-corrected chi connectivity index (χ4v) is 3.77. The van der Waals surface area contributed by atoms with E-state index >= 15 is 0 Å². The first-order chi connectivity index (χ1) is 10.3. The Labute approximate surface area is 132 Å². The quantitative estimate of drug-likeness (QED) is 0.800. The van der Waals surface area contributed by atoms with Crippen LogP contribution in [0.4, 0.5) is 4.79 Å². The molecule has 1 aliphatic heterocycles. The Morgan fingerprint density at radius 3 is 2.50 bits per heavy atom. The highest BCUT2D eigenvalue weighted by atomic mass is 16.6. The van der Waals surface area contributed by atoms with Gasteiger partial charge >= 0.3 is 6.09 Å². The summed E-state index contributed by atoms with van der Waals surface area (Å²) in [5.74, 6) is 0. The Balaban J connectivity index is 1.67. The number of benzene rings is 1. The van der Waals surface area contributed by atoms with Crippen LogP contribution in [0.2, 0.25) is 0 Å². The molecule has 1 aromatic rings. The highest BCUT2D eigenvalue weighted by Crippen LogP contribution is 2.50. The first kappa shape index (κ1) is 15.3. The minimum atomic E-state index is -0.438. The third-order valence-corrected chi connectivity index (χ3v) is 5.00. The first-order valence-corrected chi connectivity index (χ1v) is 8.12. The van der Waals surface area contributed by atoms with Gasteiger partial charge < -0.3 is 15.4 Å². The van der Waals surface area contributed by atoms with Crippen molar-refractivity contribution < 1.29 is 9.53 Å². The number of likely N-dealkylation sites (tertiary alicyclic amines) is 1. The number of carbonyl (C=O) groups is 1. The maximum absolute atomic E-state index is 12.2. The second-order valence-corrected chi connectivity index (χ2v) is 7.68. The molecule has 1 saturated heterocycles. The number of nitrogens with zero attached hydrogens (tertiary/aromatic N) is 1. The highest BCUT2D eigenvalue weighted by Gasteiger charge is 2.46. The van der Waals surface area contributed by atoms with Crippen LogP contribution < -0.4 is 5.73 Å². The van der Waals surface area contributed by atoms with Gasteiger partial charge in [0.05, 0.1) is 0 Å². The zero-order chi connectivity index (χ0) is 16.0. The van der Waals surface area contributed by atoms with Gasteiger partial charge in [-0.25, -0.2) is 4.79 Å². The van der Waals surface area contributed by atoms with E-state index < -0.39 is 5.60 Å². The molecule has 3 rings (SSSR count). The molecule has 0 radical (unpaired) electrons. The van der Waals surface area contributed by atoms with E-state index in [2.05, 4.69) is 24.3 Å². The zero-order valence-electron chi connectivity index (χ0n) is 13.8. The monoisotopic (exact) mass is 302 g/mol. The molecule has 1 aliphatic carbocycles. The second kappa shape index (κ2) is 5.27. The van der Waals surface area contributed by atoms with Crippen LogP contribution in [0.5, 0.6) is 0 Å². The number of nitrogens with two attached hydrogens (primary N) is 1. The minimum absolute atomic E-state index is 0.0875. The van der Waals surface area contributed by atoms with Crippen molar-refractivity contribution in [1.29, 1.82) is 0 Å². The molecule has 4 heteroatoms. The van der Waals surface area contributed by atoms with Gasteiger partial charge in [-0.3, -0.25) is 0 Å². The molecule has 0 aromatic heterocycles. The highest BCUT2D eigenvalue weighted by molar-refractivity contribution is 5.68. The van der Waals surface area contributed by atoms with Crippen molar-refractivity contribution in [3.05, 3.63) is 35.4 Å². The summed E-state index contributed by atoms with van der Waals surface area (Å²) in [5, 5.41) is 0. The van der Waals surface area contributed by atoms with Gasteiger partial charge in [0.25, 0.3) is 0 Å². The maximum atomic E-state index is 12.2. The van der Waals surface area contributed by atoms with E-state index in [1.807, 2.05) is 25.7 Å². The SMILES string of the molecule is CC(C)(C)OC(=O)N1CCC2(CC1)Cc1ccccc1C2N. The van der Waals surface area contributed by atoms with Gasteiger partial charge in [-0.1, -0.05) is 24.3 Å². The summed E-state index contributed by atoms with van der Waals surface area (Å²) in [4.78, 5) is 14.0. The van der Waals surface area contributed by atoms with Crippen LogP contribution in [0.25, 0.3) is 0 Å². The largest absolute Gasteiger partial charge is 0.444 e. The van der Waals surface area contributed by atoms with E-state index in [-0.39, 0.29) is 17.6 Å². The van der Waals surface area contributed by atoms with Crippen molar-refractivity contribution in [2.45, 2.75) is 51.7 Å². The van der Waals surface area contributed by atoms with E-state index in [9.17, 15) is 4.79 Å². The number of rotatable bonds is 0. The molecule has 1 unspecified atom stereocenters. The summed E-state index contributed by atoms with van der Waals surface area (Å²) in [6.45, 7) is 7.17. The molecule has 1 atom stereocenters. The predicted molar refractivity (Wildman–Crippen MR) is 86.5 cm³/mol. The topological polar surface area (TPSA) is 55.6 Å². The van der Waals surface area contributed by atoms with Crippen molar-refractivity contribution in [2.75, 3.05) is 13.1 Å². The van der Waals surface area contributed by atoms with Gasteiger partial charge in [-0.15, -0.1) is 0 Å². The molecular formula is C18H26N2O2. The summed E-state index contributed by atoms with van der Waals surface area (Å²) >= 11 is 0. The number of amides is 1. The fourth-order valence-electron chi connectivity index (χ4n) is 3.77. The van der Waals surface area contributed by atoms with E-state index in [1.54, 1.807) is 0 Å². The van der Waals surface area contributed by atoms with Gasteiger partial charge in [0.2, 0.25) is 0 Å². The second-order valence-electron chi connectivity index (χ2n) is 7.68. The lowest BCUT2D eigenvalue weighted by Gasteiger charge is -2.42. The molecule has 120 valence electrons. The molecule has 0 bridgehead atoms. The molecule has 1 heterocycles. The molecule has 0 saturated carbocycles. The standard InChI is InChI=1S/C18H26N2O2/c1-17(2,3)22-16(21)20-10-8-18(9-11-20)12-13-6-4-5-7-14(13)15(18)19/h4-7,15H,8-12,19H2,1-3H3. The smallest absolute Gasteiger partial charge is 0.410 e. The number of fused-ring (bicyclic) bond motifs is 1. The molecule has 22 heavy (non-hydrogen) atoms. The number of carbonyl (C=O) groups excluding carboxylic acids is 1. The molecule has 1 spiro atoms. The fraction of sp³-hybridized carbons (Fsp3) is 0.611. The van der Waals surface area contributed by atoms with Crippen LogP contribution in [0.15, 0.2) is 24.3 Å². The average molecular weight is 302 g/mol. The van der Waals surface area contributed by atoms with Crippen LogP contribution in [-0.2, 0) is 11.2 Å². The molecular weight excluding hydrogens is 276 g/mol. The lowest BCUT2D eigenvalue weighted by Crippen LogP contribution is -2.47. The van der Waals surface area contributed by atoms with Gasteiger partial charge in [0.15, 0.2) is 0 Å². The Bertz CT molecular complexity index is 569. The van der Waals surface area contributed by atoms with E-state index in [0.717, 1.165) is 32.4 Å². The maximum Gasteiger partial charge on any atom is 0.410 e. The van der Waals surface area contributed by atoms with Gasteiger partial charge in [0.1, 0.15) is 5.60 Å². The summed E-state index contributed by atoms with van der Waals surface area (Å²) in [6, 6.07) is 8.57. The third-order valence-electron chi connectivity index (χ3n) is 5.00. The van der Waals surface area contributed by atoms with Crippen molar-refractivity contribution in [1.82, 2.24) is 4.90 Å². The minimum Gasteiger partial charge on any atom is -0.444 e. The Hall–Kier alpha value is -1.55. The summed E-state index contributed by atoms with van der Waals surface area (Å²) in [5.41, 5.74) is 8.88. The van der Waals surface area contributed by atoms with Gasteiger partial charge in [-0.05, 0) is 56.6 Å². The van der Waals surface area contributed by atoms with E-state index in [1.165, 1.54) is 11.1 Å². The summed E-state index contributed by atoms with van der Waals surface area (Å²) in [6.07, 6.45) is 2.72. The Morgan fingerprint density at radius 2 is 1.91 bits per heavy atom. The molecule has 4 nitrogen and oxygen atoms in total. The third kappa shape index (κ3) is 2.72. The lowest BCUT2D eigenvalue weighted by molar-refractivity contribution is 0.00797. The normalized spacial score (nSPS) is 23.5. The van der Waals surface area contributed by atoms with Crippen LogP contribution in [0, 0.1) is 5.41 Å². The van der Waals surface area contributed by atoms with Crippen molar-refractivity contribution >= 4 is 6.09 Å². The molecule has 1 amide bonds. The van der Waals surface area contributed by atoms with Gasteiger partial charge in [-0.2, -0.15) is 0 Å².